The van der Waals surface area contributed by atoms with Crippen LogP contribution in [0.2, 0.25) is 0 Å². The molecule has 1 saturated heterocycles. The number of hydrogen-bond acceptors (Lipinski definition) is 23. The maximum absolute atomic E-state index is 16.0. The molecule has 0 spiro atoms. The van der Waals surface area contributed by atoms with E-state index in [0.29, 0.717) is 36.8 Å². The normalized spacial score (nSPS) is 23.3. The number of nitrogens with one attached hydrogen (secondary N) is 2. The van der Waals surface area contributed by atoms with Gasteiger partial charge in [-0.3, -0.25) is 38.1 Å². The van der Waals surface area contributed by atoms with Crippen molar-refractivity contribution in [3.05, 3.63) is 119 Å². The maximum Gasteiger partial charge on any atom is 0.350 e. The van der Waals surface area contributed by atoms with Crippen LogP contribution in [0.1, 0.15) is 280 Å². The van der Waals surface area contributed by atoms with Crippen molar-refractivity contribution >= 4 is 67.0 Å². The number of phosphoric acid groups is 1. The topological polar surface area (TPSA) is 358 Å². The molecule has 4 aliphatic rings. The Balaban J connectivity index is 0.921. The van der Waals surface area contributed by atoms with Gasteiger partial charge in [-0.2, -0.15) is 0 Å². The van der Waals surface area contributed by atoms with Gasteiger partial charge in [-0.1, -0.05) is 222 Å². The lowest BCUT2D eigenvalue weighted by molar-refractivity contribution is -0.870. The van der Waals surface area contributed by atoms with Crippen LogP contribution in [-0.4, -0.2) is 183 Å². The molecule has 4 N–H and O–H groups in total. The number of nitrogens with zero attached hydrogens (tertiary/aromatic N) is 1. The van der Waals surface area contributed by atoms with Gasteiger partial charge in [0.1, 0.15) is 49.4 Å². The van der Waals surface area contributed by atoms with E-state index in [9.17, 15) is 58.0 Å². The van der Waals surface area contributed by atoms with E-state index in [1.165, 1.54) is 97.1 Å². The molecule has 2 bridgehead atoms. The number of fused-ring (bicyclic) bond motifs is 5. The zero-order valence-corrected chi connectivity index (χ0v) is 71.8. The molecule has 13 atom stereocenters. The first-order valence-corrected chi connectivity index (χ1v) is 44.2. The molecule has 7 rings (SSSR count). The van der Waals surface area contributed by atoms with Crippen LogP contribution >= 0.6 is 7.82 Å². The van der Waals surface area contributed by atoms with Gasteiger partial charge >= 0.3 is 35.8 Å². The minimum Gasteiger partial charge on any atom is -0.756 e. The van der Waals surface area contributed by atoms with Crippen LogP contribution in [0.25, 0.3) is 0 Å². The number of carbonyl (C=O) groups excluding carboxylic acids is 10. The number of amides is 2. The molecule has 650 valence electrons. The molecule has 1 heterocycles. The number of carbonyl (C=O) groups is 10. The van der Waals surface area contributed by atoms with Crippen molar-refractivity contribution < 1.29 is 114 Å². The quantitative estimate of drug-likeness (QED) is 0.0102. The Bertz CT molecular complexity index is 3790. The number of Topliss-reactive ketones (excluding diaryl/α,β-unsaturated/α-hetero) is 2. The molecule has 27 heteroatoms. The Morgan fingerprint density at radius 1 is 0.641 bits per heavy atom. The standard InChI is InChI=1S/C90H132N3O23P/c1-11-12-13-14-15-16-17-18-19-20-23-26-29-41-50-74(98)108-60-69(61-111-117(106,107)110-56-55-93(8,9)10)113-75(99)51-42-30-27-24-21-22-25-28-31-43-54-91-73(97)52-53-76(100)115-80(78(66-44-35-32-36-45-66)92-84(102)67-46-37-33-38-47-67)86(104)114-70-59-90(105)83(116-85(103)68-48-39-34-40-49-68)81-88(7,71(96)57-72-89(81,62-109-72)58-63(2)94)82(101)79(112-65(4)95)77(64(70)3)87(90,5)6/h32-40,44-49,69-72,78-81,83,96,105H,11-31,41-43,50-62H2,1-10H3,(H2-,91,92,97,102,106,107)/t69-,70+,71+,72-,78+,79-,80-,81?,83+,88-,89-,90-/m1/s1. The van der Waals surface area contributed by atoms with E-state index in [-0.39, 0.29) is 85.5 Å². The number of aliphatic hydroxyl groups excluding tert-OH is 1. The molecular weight excluding hydrogens is 1520 g/mol. The smallest absolute Gasteiger partial charge is 0.350 e. The fourth-order valence-electron chi connectivity index (χ4n) is 17.1. The minimum absolute atomic E-state index is 0.0399. The largest absolute Gasteiger partial charge is 0.756 e. The highest BCUT2D eigenvalue weighted by atomic mass is 31.2. The van der Waals surface area contributed by atoms with E-state index >= 15 is 9.59 Å². The first-order chi connectivity index (χ1) is 55.7. The third-order valence-corrected chi connectivity index (χ3v) is 24.7. The zero-order valence-electron chi connectivity index (χ0n) is 70.9. The lowest BCUT2D eigenvalue weighted by atomic mass is 9.41. The molecule has 3 aromatic rings. The van der Waals surface area contributed by atoms with Crippen LogP contribution in [0.4, 0.5) is 0 Å². The van der Waals surface area contributed by atoms with E-state index in [0.717, 1.165) is 77.6 Å². The molecule has 2 amide bonds. The van der Waals surface area contributed by atoms with Gasteiger partial charge < -0.3 is 77.2 Å². The van der Waals surface area contributed by atoms with E-state index in [2.05, 4.69) is 17.6 Å². The molecule has 3 aliphatic carbocycles. The third kappa shape index (κ3) is 28.6. The highest BCUT2D eigenvalue weighted by molar-refractivity contribution is 7.45. The number of rotatable bonds is 53. The Kier molecular flexibility index (Phi) is 38.7. The fraction of sp³-hybridized carbons (Fsp3) is 0.667. The lowest BCUT2D eigenvalue weighted by Crippen LogP contribution is -2.78. The van der Waals surface area contributed by atoms with Crippen molar-refractivity contribution in [1.29, 1.82) is 0 Å². The number of benzene rings is 3. The molecule has 1 aliphatic heterocycles. The summed E-state index contributed by atoms with van der Waals surface area (Å²) in [6.07, 6.45) is 12.5. The minimum atomic E-state index is -4.75. The summed E-state index contributed by atoms with van der Waals surface area (Å²) in [7, 11) is 0.929. The predicted molar refractivity (Wildman–Crippen MR) is 436 cm³/mol. The maximum atomic E-state index is 16.0. The van der Waals surface area contributed by atoms with Crippen LogP contribution in [0.5, 0.6) is 0 Å². The van der Waals surface area contributed by atoms with Crippen LogP contribution in [0, 0.1) is 22.2 Å². The van der Waals surface area contributed by atoms with Crippen molar-refractivity contribution in [2.45, 2.75) is 302 Å². The molecule has 3 fully saturated rings. The Morgan fingerprint density at radius 2 is 1.16 bits per heavy atom. The van der Waals surface area contributed by atoms with Crippen LogP contribution in [0.3, 0.4) is 0 Å². The summed E-state index contributed by atoms with van der Waals surface area (Å²) in [6.45, 7) is 10.4. The summed E-state index contributed by atoms with van der Waals surface area (Å²) >= 11 is 0. The highest BCUT2D eigenvalue weighted by Gasteiger charge is 2.77. The van der Waals surface area contributed by atoms with Crippen LogP contribution in [-0.2, 0) is 85.1 Å². The predicted octanol–water partition coefficient (Wildman–Crippen LogP) is 13.7. The molecule has 2 unspecified atom stereocenters. The molecule has 2 saturated carbocycles. The monoisotopic (exact) mass is 1650 g/mol. The number of unbranched alkanes of at least 4 members (excludes halogenated alkanes) is 22. The molecule has 0 radical (unpaired) electrons. The van der Waals surface area contributed by atoms with Gasteiger partial charge in [0.25, 0.3) is 13.7 Å². The molecule has 3 aromatic carbocycles. The fourth-order valence-corrected chi connectivity index (χ4v) is 17.8. The van der Waals surface area contributed by atoms with E-state index in [1.54, 1.807) is 92.7 Å². The summed E-state index contributed by atoms with van der Waals surface area (Å²) in [5.74, 6) is -8.89. The first kappa shape index (κ1) is 96.6. The molecule has 117 heavy (non-hydrogen) atoms. The van der Waals surface area contributed by atoms with Crippen molar-refractivity contribution in [2.24, 2.45) is 22.2 Å². The highest BCUT2D eigenvalue weighted by Crippen LogP contribution is 2.67. The van der Waals surface area contributed by atoms with Crippen LogP contribution in [0.15, 0.2) is 102 Å². The number of quaternary nitrogens is 1. The van der Waals surface area contributed by atoms with Crippen molar-refractivity contribution in [2.75, 3.05) is 60.7 Å². The van der Waals surface area contributed by atoms with E-state index in [4.69, 9.17) is 42.2 Å². The van der Waals surface area contributed by atoms with Crippen molar-refractivity contribution in [3.8, 4) is 0 Å². The van der Waals surface area contributed by atoms with Gasteiger partial charge in [-0.05, 0) is 81.0 Å². The summed E-state index contributed by atoms with van der Waals surface area (Å²) in [5.41, 5.74) is -6.97. The van der Waals surface area contributed by atoms with Crippen molar-refractivity contribution in [3.63, 3.8) is 0 Å². The van der Waals surface area contributed by atoms with E-state index in [1.807, 2.05) is 21.1 Å². The number of phosphoric ester groups is 1. The van der Waals surface area contributed by atoms with Gasteiger partial charge in [0.05, 0.1) is 64.0 Å². The first-order valence-electron chi connectivity index (χ1n) is 42.7. The Hall–Kier alpha value is -7.55. The molecule has 0 aromatic heterocycles. The Morgan fingerprint density at radius 3 is 1.69 bits per heavy atom. The number of hydrogen-bond donors (Lipinski definition) is 4. The molecule has 26 nitrogen and oxygen atoms in total. The average Bonchev–Trinajstić information content (AvgIpc) is 0.668. The van der Waals surface area contributed by atoms with Crippen LogP contribution < -0.4 is 15.5 Å². The van der Waals surface area contributed by atoms with Crippen molar-refractivity contribution in [1.82, 2.24) is 10.6 Å². The summed E-state index contributed by atoms with van der Waals surface area (Å²) < 4.78 is 65.7. The van der Waals surface area contributed by atoms with Gasteiger partial charge in [0.15, 0.2) is 18.0 Å². The number of ketones is 2. The van der Waals surface area contributed by atoms with Gasteiger partial charge in [0.2, 0.25) is 12.0 Å². The second-order valence-corrected chi connectivity index (χ2v) is 35.7. The SMILES string of the molecule is CCCCCCCCCCCCCCCCC(=O)OC[C@H](COP(=O)([O-])OCC[N+](C)(C)C)OC(=O)CCCCCCCCCCCCNC(=O)CCC(=O)O[C@@H](C(=O)O[C@H]1C[C@@]2(O)[C@@H](OC(=O)c3ccccc3)C3[C@]4(CC(C)=O)CO[C@@H]4C[C@H](O)[C@@]3(C)C(=O)[C@H](OC(C)=O)C(=C1C)C2(C)C)[C@@H](NC(=O)c1ccccc1)c1ccccc1. The summed E-state index contributed by atoms with van der Waals surface area (Å²) in [5, 5.41) is 32.3. The zero-order chi connectivity index (χ0) is 85.4. The lowest BCUT2D eigenvalue weighted by Gasteiger charge is -2.68. The average molecular weight is 1660 g/mol. The molecular formula is C90H132N3O23P. The number of aliphatic hydroxyl groups is 2. The number of ether oxygens (including phenoxy) is 7. The summed E-state index contributed by atoms with van der Waals surface area (Å²) in [4.78, 5) is 154. The summed E-state index contributed by atoms with van der Waals surface area (Å²) in [6, 6.07) is 22.6. The third-order valence-electron chi connectivity index (χ3n) is 23.8. The Labute approximate surface area is 692 Å². The second kappa shape index (κ2) is 46.9. The second-order valence-electron chi connectivity index (χ2n) is 34.2. The number of likely N-dealkylation sites (N-methyl/N-ethyl adjacent to an activating group) is 1. The number of esters is 6. The van der Waals surface area contributed by atoms with E-state index < -0.39 is 157 Å². The van der Waals surface area contributed by atoms with Gasteiger partial charge in [-0.15, -0.1) is 0 Å². The van der Waals surface area contributed by atoms with Gasteiger partial charge in [-0.25, -0.2) is 9.59 Å². The van der Waals surface area contributed by atoms with Gasteiger partial charge in [0, 0.05) is 74.3 Å².